The molecule has 0 aromatic carbocycles. The van der Waals surface area contributed by atoms with Crippen LogP contribution in [0.15, 0.2) is 11.4 Å². The molecule has 0 fully saturated rings. The van der Waals surface area contributed by atoms with Crippen LogP contribution in [-0.4, -0.2) is 5.91 Å². The highest BCUT2D eigenvalue weighted by Crippen LogP contribution is 2.14. The van der Waals surface area contributed by atoms with Gasteiger partial charge in [0.25, 0.3) is 5.91 Å². The zero-order chi connectivity index (χ0) is 11.1. The summed E-state index contributed by atoms with van der Waals surface area (Å²) in [6, 6.07) is 1.84. The number of hydrogen-bond donors (Lipinski definition) is 1. The zero-order valence-electron chi connectivity index (χ0n) is 8.88. The average Bonchev–Trinajstić information content (AvgIpc) is 2.66. The lowest BCUT2D eigenvalue weighted by Crippen LogP contribution is -2.10. The largest absolute Gasteiger partial charge is 0.365 e. The molecule has 80 valence electrons. The van der Waals surface area contributed by atoms with E-state index in [0.717, 1.165) is 18.4 Å². The van der Waals surface area contributed by atoms with E-state index in [0.29, 0.717) is 4.88 Å². The van der Waals surface area contributed by atoms with Gasteiger partial charge in [0.05, 0.1) is 0 Å². The number of nitrogens with two attached hydrogens (primary N) is 1. The standard InChI is InChI=1S/C12H15NOS/c1-2-3-4-5-6-7-10-8-9-15-11(10)12(13)14/h8-9H,2-5H2,1H3,(H2,13,14). The number of rotatable bonds is 4. The molecule has 1 aromatic heterocycles. The monoisotopic (exact) mass is 221 g/mol. The van der Waals surface area contributed by atoms with Gasteiger partial charge in [-0.3, -0.25) is 4.79 Å². The van der Waals surface area contributed by atoms with Crippen molar-refractivity contribution in [3.8, 4) is 11.8 Å². The van der Waals surface area contributed by atoms with Crippen LogP contribution in [0.2, 0.25) is 0 Å². The summed E-state index contributed by atoms with van der Waals surface area (Å²) in [5.74, 6) is 5.67. The average molecular weight is 221 g/mol. The smallest absolute Gasteiger partial charge is 0.260 e. The fourth-order valence-corrected chi connectivity index (χ4v) is 1.92. The van der Waals surface area contributed by atoms with E-state index in [1.165, 1.54) is 24.2 Å². The topological polar surface area (TPSA) is 43.1 Å². The zero-order valence-corrected chi connectivity index (χ0v) is 9.69. The summed E-state index contributed by atoms with van der Waals surface area (Å²) >= 11 is 1.35. The molecule has 3 heteroatoms. The fraction of sp³-hybridized carbons (Fsp3) is 0.417. The molecule has 0 radical (unpaired) electrons. The SMILES string of the molecule is CCCCCC#Cc1ccsc1C(N)=O. The minimum absolute atomic E-state index is 0.386. The minimum atomic E-state index is -0.386. The maximum atomic E-state index is 11.0. The lowest BCUT2D eigenvalue weighted by atomic mass is 10.2. The van der Waals surface area contributed by atoms with Crippen LogP contribution in [-0.2, 0) is 0 Å². The van der Waals surface area contributed by atoms with Crippen molar-refractivity contribution in [2.24, 2.45) is 5.73 Å². The third kappa shape index (κ3) is 3.77. The number of carbonyl (C=O) groups excluding carboxylic acids is 1. The van der Waals surface area contributed by atoms with E-state index < -0.39 is 0 Å². The first-order valence-electron chi connectivity index (χ1n) is 5.12. The van der Waals surface area contributed by atoms with E-state index in [2.05, 4.69) is 18.8 Å². The van der Waals surface area contributed by atoms with E-state index in [4.69, 9.17) is 5.73 Å². The molecule has 1 heterocycles. The van der Waals surface area contributed by atoms with Crippen LogP contribution < -0.4 is 5.73 Å². The Hall–Kier alpha value is -1.27. The van der Waals surface area contributed by atoms with Crippen molar-refractivity contribution < 1.29 is 4.79 Å². The highest BCUT2D eigenvalue weighted by atomic mass is 32.1. The molecule has 0 aliphatic rings. The lowest BCUT2D eigenvalue weighted by molar-refractivity contribution is 0.100. The van der Waals surface area contributed by atoms with Crippen LogP contribution >= 0.6 is 11.3 Å². The van der Waals surface area contributed by atoms with Gasteiger partial charge in [0.15, 0.2) is 0 Å². The summed E-state index contributed by atoms with van der Waals surface area (Å²) in [6.45, 7) is 2.16. The van der Waals surface area contributed by atoms with E-state index >= 15 is 0 Å². The van der Waals surface area contributed by atoms with Crippen LogP contribution in [0.4, 0.5) is 0 Å². The van der Waals surface area contributed by atoms with Gasteiger partial charge in [-0.2, -0.15) is 0 Å². The molecule has 15 heavy (non-hydrogen) atoms. The molecule has 0 aliphatic heterocycles. The Morgan fingerprint density at radius 2 is 2.33 bits per heavy atom. The Kier molecular flexibility index (Phi) is 4.92. The first-order valence-corrected chi connectivity index (χ1v) is 5.99. The Bertz CT molecular complexity index is 384. The van der Waals surface area contributed by atoms with Gasteiger partial charge in [-0.15, -0.1) is 11.3 Å². The Morgan fingerprint density at radius 3 is 3.00 bits per heavy atom. The van der Waals surface area contributed by atoms with Crippen molar-refractivity contribution in [3.05, 3.63) is 21.9 Å². The fourth-order valence-electron chi connectivity index (χ4n) is 1.22. The summed E-state index contributed by atoms with van der Waals surface area (Å²) in [6.07, 6.45) is 4.43. The van der Waals surface area contributed by atoms with Gasteiger partial charge in [-0.05, 0) is 17.9 Å². The molecular formula is C12H15NOS. The van der Waals surface area contributed by atoms with Crippen molar-refractivity contribution in [3.63, 3.8) is 0 Å². The summed E-state index contributed by atoms with van der Waals surface area (Å²) in [5.41, 5.74) is 5.98. The van der Waals surface area contributed by atoms with E-state index in [1.807, 2.05) is 11.4 Å². The molecule has 0 bridgehead atoms. The quantitative estimate of drug-likeness (QED) is 0.616. The Balaban J connectivity index is 2.56. The first kappa shape index (κ1) is 11.8. The minimum Gasteiger partial charge on any atom is -0.365 e. The summed E-state index contributed by atoms with van der Waals surface area (Å²) in [7, 11) is 0. The highest BCUT2D eigenvalue weighted by Gasteiger charge is 2.06. The van der Waals surface area contributed by atoms with Crippen molar-refractivity contribution in [1.82, 2.24) is 0 Å². The van der Waals surface area contributed by atoms with Crippen LogP contribution in [0.25, 0.3) is 0 Å². The second-order valence-corrected chi connectivity index (χ2v) is 4.20. The molecule has 0 unspecified atom stereocenters. The van der Waals surface area contributed by atoms with Crippen molar-refractivity contribution in [2.45, 2.75) is 32.6 Å². The van der Waals surface area contributed by atoms with Crippen LogP contribution in [0.1, 0.15) is 47.8 Å². The third-order valence-corrected chi connectivity index (χ3v) is 2.95. The number of carbonyl (C=O) groups is 1. The van der Waals surface area contributed by atoms with Crippen LogP contribution in [0, 0.1) is 11.8 Å². The van der Waals surface area contributed by atoms with E-state index in [-0.39, 0.29) is 5.91 Å². The molecule has 1 amide bonds. The van der Waals surface area contributed by atoms with Crippen molar-refractivity contribution in [2.75, 3.05) is 0 Å². The highest BCUT2D eigenvalue weighted by molar-refractivity contribution is 7.12. The lowest BCUT2D eigenvalue weighted by Gasteiger charge is -1.90. The second-order valence-electron chi connectivity index (χ2n) is 3.29. The van der Waals surface area contributed by atoms with Gasteiger partial charge < -0.3 is 5.73 Å². The molecule has 2 N–H and O–H groups in total. The van der Waals surface area contributed by atoms with E-state index in [1.54, 1.807) is 0 Å². The maximum absolute atomic E-state index is 11.0. The number of amides is 1. The summed E-state index contributed by atoms with van der Waals surface area (Å²) in [4.78, 5) is 11.6. The number of hydrogen-bond acceptors (Lipinski definition) is 2. The maximum Gasteiger partial charge on any atom is 0.260 e. The van der Waals surface area contributed by atoms with Gasteiger partial charge in [-0.1, -0.05) is 31.6 Å². The third-order valence-electron chi connectivity index (χ3n) is 2.02. The molecule has 0 atom stereocenters. The molecule has 0 saturated heterocycles. The van der Waals surface area contributed by atoms with Crippen molar-refractivity contribution in [1.29, 1.82) is 0 Å². The molecule has 1 rings (SSSR count). The second kappa shape index (κ2) is 6.26. The molecule has 0 spiro atoms. The molecule has 2 nitrogen and oxygen atoms in total. The first-order chi connectivity index (χ1) is 7.25. The molecular weight excluding hydrogens is 206 g/mol. The predicted molar refractivity (Wildman–Crippen MR) is 63.9 cm³/mol. The van der Waals surface area contributed by atoms with Crippen LogP contribution in [0.5, 0.6) is 0 Å². The van der Waals surface area contributed by atoms with Gasteiger partial charge in [-0.25, -0.2) is 0 Å². The van der Waals surface area contributed by atoms with Gasteiger partial charge >= 0.3 is 0 Å². The molecule has 0 saturated carbocycles. The molecule has 1 aromatic rings. The van der Waals surface area contributed by atoms with Gasteiger partial charge in [0.1, 0.15) is 4.88 Å². The normalized spacial score (nSPS) is 9.40. The number of thiophene rings is 1. The molecule has 0 aliphatic carbocycles. The van der Waals surface area contributed by atoms with Gasteiger partial charge in [0, 0.05) is 12.0 Å². The summed E-state index contributed by atoms with van der Waals surface area (Å²) < 4.78 is 0. The Morgan fingerprint density at radius 1 is 1.53 bits per heavy atom. The number of unbranched alkanes of at least 4 members (excludes halogenated alkanes) is 3. The van der Waals surface area contributed by atoms with Crippen LogP contribution in [0.3, 0.4) is 0 Å². The number of primary amides is 1. The summed E-state index contributed by atoms with van der Waals surface area (Å²) in [5, 5.41) is 1.84. The predicted octanol–water partition coefficient (Wildman–Crippen LogP) is 2.78. The van der Waals surface area contributed by atoms with E-state index in [9.17, 15) is 4.79 Å². The Labute approximate surface area is 94.5 Å². The van der Waals surface area contributed by atoms with Gasteiger partial charge in [0.2, 0.25) is 0 Å². The van der Waals surface area contributed by atoms with Crippen molar-refractivity contribution >= 4 is 17.2 Å².